The Morgan fingerprint density at radius 2 is 2.41 bits per heavy atom. The third-order valence-corrected chi connectivity index (χ3v) is 4.12. The molecule has 0 aromatic carbocycles. The topological polar surface area (TPSA) is 67.4 Å². The normalized spacial score (nSPS) is 22.5. The van der Waals surface area contributed by atoms with Crippen molar-refractivity contribution in [3.05, 3.63) is 12.7 Å². The van der Waals surface area contributed by atoms with Gasteiger partial charge in [0.25, 0.3) is 0 Å². The smallest absolute Gasteiger partial charge is 0.213 e. The fourth-order valence-corrected chi connectivity index (χ4v) is 3.18. The number of hydrogen-bond donors (Lipinski definition) is 2. The average Bonchev–Trinajstić information content (AvgIpc) is 2.75. The van der Waals surface area contributed by atoms with Crippen LogP contribution in [-0.2, 0) is 14.8 Å². The predicted octanol–water partition coefficient (Wildman–Crippen LogP) is 0.249. The lowest BCUT2D eigenvalue weighted by Gasteiger charge is -2.15. The summed E-state index contributed by atoms with van der Waals surface area (Å²) in [5.41, 5.74) is 0. The molecule has 17 heavy (non-hydrogen) atoms. The van der Waals surface area contributed by atoms with Crippen molar-refractivity contribution < 1.29 is 13.2 Å². The number of nitrogens with one attached hydrogen (secondary N) is 2. The van der Waals surface area contributed by atoms with E-state index < -0.39 is 10.0 Å². The third kappa shape index (κ3) is 6.16. The molecule has 0 aromatic heterocycles. The lowest BCUT2D eigenvalue weighted by molar-refractivity contribution is 0.0920. The molecule has 0 amide bonds. The summed E-state index contributed by atoms with van der Waals surface area (Å²) < 4.78 is 31.3. The van der Waals surface area contributed by atoms with Crippen LogP contribution in [0.2, 0.25) is 0 Å². The zero-order valence-corrected chi connectivity index (χ0v) is 11.1. The van der Waals surface area contributed by atoms with Gasteiger partial charge in [-0.15, -0.1) is 6.58 Å². The molecular formula is C11H22N2O3S. The van der Waals surface area contributed by atoms with Crippen LogP contribution in [0.3, 0.4) is 0 Å². The fraction of sp³-hybridized carbons (Fsp3) is 0.818. The monoisotopic (exact) mass is 262 g/mol. The molecule has 0 bridgehead atoms. The number of sulfonamides is 1. The van der Waals surface area contributed by atoms with Crippen LogP contribution in [0.5, 0.6) is 0 Å². The minimum atomic E-state index is -3.20. The van der Waals surface area contributed by atoms with E-state index in [0.717, 1.165) is 19.4 Å². The molecule has 0 aliphatic carbocycles. The van der Waals surface area contributed by atoms with E-state index in [-0.39, 0.29) is 17.9 Å². The molecule has 6 heteroatoms. The summed E-state index contributed by atoms with van der Waals surface area (Å²) in [5.74, 6) is 0.154. The summed E-state index contributed by atoms with van der Waals surface area (Å²) in [6, 6.07) is 0.0944. The molecular weight excluding hydrogens is 240 g/mol. The number of rotatable bonds is 8. The molecule has 1 fully saturated rings. The van der Waals surface area contributed by atoms with Crippen LogP contribution in [0.1, 0.15) is 19.8 Å². The maximum absolute atomic E-state index is 11.7. The lowest BCUT2D eigenvalue weighted by Crippen LogP contribution is -2.39. The number of hydrogen-bond acceptors (Lipinski definition) is 4. The Morgan fingerprint density at radius 3 is 3.00 bits per heavy atom. The summed E-state index contributed by atoms with van der Waals surface area (Å²) in [5, 5.41) is 3.17. The van der Waals surface area contributed by atoms with Gasteiger partial charge in [-0.05, 0) is 26.3 Å². The first-order chi connectivity index (χ1) is 8.03. The SMILES string of the molecule is C=CCOC(C)CNS(=O)(=O)CC1CCCN1. The Hall–Kier alpha value is -0.430. The van der Waals surface area contributed by atoms with E-state index >= 15 is 0 Å². The maximum Gasteiger partial charge on any atom is 0.213 e. The molecule has 0 spiro atoms. The Labute approximate surface area is 104 Å². The highest BCUT2D eigenvalue weighted by molar-refractivity contribution is 7.89. The molecule has 1 saturated heterocycles. The Morgan fingerprint density at radius 1 is 1.65 bits per heavy atom. The largest absolute Gasteiger partial charge is 0.373 e. The minimum absolute atomic E-state index is 0.0944. The molecule has 5 nitrogen and oxygen atoms in total. The van der Waals surface area contributed by atoms with Gasteiger partial charge >= 0.3 is 0 Å². The van der Waals surface area contributed by atoms with Crippen molar-refractivity contribution in [2.45, 2.75) is 31.9 Å². The van der Waals surface area contributed by atoms with Gasteiger partial charge in [0.15, 0.2) is 0 Å². The van der Waals surface area contributed by atoms with Crippen molar-refractivity contribution in [1.29, 1.82) is 0 Å². The van der Waals surface area contributed by atoms with Gasteiger partial charge in [-0.1, -0.05) is 6.08 Å². The van der Waals surface area contributed by atoms with Crippen molar-refractivity contribution in [3.63, 3.8) is 0 Å². The zero-order chi connectivity index (χ0) is 12.7. The highest BCUT2D eigenvalue weighted by Gasteiger charge is 2.22. The number of ether oxygens (including phenoxy) is 1. The Balaban J connectivity index is 2.25. The fourth-order valence-electron chi connectivity index (χ4n) is 1.76. The average molecular weight is 262 g/mol. The van der Waals surface area contributed by atoms with Crippen LogP contribution in [0.15, 0.2) is 12.7 Å². The van der Waals surface area contributed by atoms with Gasteiger partial charge in [0, 0.05) is 12.6 Å². The van der Waals surface area contributed by atoms with Crippen molar-refractivity contribution in [2.24, 2.45) is 0 Å². The molecule has 100 valence electrons. The molecule has 1 aliphatic rings. The molecule has 2 N–H and O–H groups in total. The first-order valence-electron chi connectivity index (χ1n) is 5.96. The van der Waals surface area contributed by atoms with Gasteiger partial charge in [0.2, 0.25) is 10.0 Å². The lowest BCUT2D eigenvalue weighted by atomic mass is 10.3. The molecule has 2 unspecified atom stereocenters. The Bertz CT molecular complexity index is 324. The second-order valence-electron chi connectivity index (χ2n) is 4.36. The standard InChI is InChI=1S/C11H22N2O3S/c1-3-7-16-10(2)8-13-17(14,15)9-11-5-4-6-12-11/h3,10-13H,1,4-9H2,2H3. The van der Waals surface area contributed by atoms with Crippen LogP contribution in [0.25, 0.3) is 0 Å². The summed E-state index contributed by atoms with van der Waals surface area (Å²) in [4.78, 5) is 0. The van der Waals surface area contributed by atoms with E-state index in [4.69, 9.17) is 4.74 Å². The summed E-state index contributed by atoms with van der Waals surface area (Å²) in [6.07, 6.45) is 3.50. The van der Waals surface area contributed by atoms with Crippen molar-refractivity contribution in [1.82, 2.24) is 10.0 Å². The van der Waals surface area contributed by atoms with Crippen LogP contribution < -0.4 is 10.0 Å². The van der Waals surface area contributed by atoms with E-state index in [0.29, 0.717) is 13.2 Å². The molecule has 0 radical (unpaired) electrons. The molecule has 0 saturated carbocycles. The zero-order valence-electron chi connectivity index (χ0n) is 10.3. The van der Waals surface area contributed by atoms with E-state index in [1.807, 2.05) is 6.92 Å². The first-order valence-corrected chi connectivity index (χ1v) is 7.62. The molecule has 0 aromatic rings. The van der Waals surface area contributed by atoms with Crippen LogP contribution in [-0.4, -0.2) is 46.0 Å². The summed E-state index contributed by atoms with van der Waals surface area (Å²) in [7, 11) is -3.20. The highest BCUT2D eigenvalue weighted by atomic mass is 32.2. The third-order valence-electron chi connectivity index (χ3n) is 2.67. The molecule has 2 atom stereocenters. The minimum Gasteiger partial charge on any atom is -0.373 e. The Kier molecular flexibility index (Phi) is 6.11. The van der Waals surface area contributed by atoms with Gasteiger partial charge < -0.3 is 10.1 Å². The van der Waals surface area contributed by atoms with Gasteiger partial charge in [0.1, 0.15) is 0 Å². The molecule has 1 rings (SSSR count). The van der Waals surface area contributed by atoms with Gasteiger partial charge in [0.05, 0.1) is 18.5 Å². The second-order valence-corrected chi connectivity index (χ2v) is 6.21. The second kappa shape index (κ2) is 7.10. The van der Waals surface area contributed by atoms with Crippen molar-refractivity contribution in [3.8, 4) is 0 Å². The van der Waals surface area contributed by atoms with Crippen LogP contribution in [0, 0.1) is 0 Å². The molecule has 1 heterocycles. The maximum atomic E-state index is 11.7. The summed E-state index contributed by atoms with van der Waals surface area (Å²) >= 11 is 0. The van der Waals surface area contributed by atoms with E-state index in [1.54, 1.807) is 6.08 Å². The van der Waals surface area contributed by atoms with E-state index in [1.165, 1.54) is 0 Å². The van der Waals surface area contributed by atoms with E-state index in [2.05, 4.69) is 16.6 Å². The van der Waals surface area contributed by atoms with Crippen LogP contribution >= 0.6 is 0 Å². The summed E-state index contributed by atoms with van der Waals surface area (Å²) in [6.45, 7) is 7.03. The van der Waals surface area contributed by atoms with Gasteiger partial charge in [-0.2, -0.15) is 0 Å². The first kappa shape index (κ1) is 14.6. The highest BCUT2D eigenvalue weighted by Crippen LogP contribution is 2.06. The molecule has 1 aliphatic heterocycles. The quantitative estimate of drug-likeness (QED) is 0.615. The van der Waals surface area contributed by atoms with Crippen LogP contribution in [0.4, 0.5) is 0 Å². The van der Waals surface area contributed by atoms with E-state index in [9.17, 15) is 8.42 Å². The van der Waals surface area contributed by atoms with Gasteiger partial charge in [-0.3, -0.25) is 0 Å². The van der Waals surface area contributed by atoms with Crippen molar-refractivity contribution in [2.75, 3.05) is 25.4 Å². The van der Waals surface area contributed by atoms with Gasteiger partial charge in [-0.25, -0.2) is 13.1 Å². The van der Waals surface area contributed by atoms with Crippen molar-refractivity contribution >= 4 is 10.0 Å². The predicted molar refractivity (Wildman–Crippen MR) is 68.4 cm³/mol.